The fourth-order valence-corrected chi connectivity index (χ4v) is 3.65. The Morgan fingerprint density at radius 2 is 1.74 bits per heavy atom. The largest absolute Gasteiger partial charge is 0.381 e. The fraction of sp³-hybridized carbons (Fsp3) is 0.333. The van der Waals surface area contributed by atoms with Gasteiger partial charge in [-0.3, -0.25) is 4.57 Å². The van der Waals surface area contributed by atoms with E-state index >= 15 is 0 Å². The van der Waals surface area contributed by atoms with Crippen LogP contribution in [0.1, 0.15) is 19.4 Å². The third-order valence-electron chi connectivity index (χ3n) is 4.80. The quantitative estimate of drug-likeness (QED) is 0.752. The van der Waals surface area contributed by atoms with Crippen LogP contribution in [-0.2, 0) is 11.3 Å². The Hall–Kier alpha value is -2.86. The van der Waals surface area contributed by atoms with Gasteiger partial charge in [-0.05, 0) is 43.7 Å². The molecular weight excluding hydrogens is 338 g/mol. The topological polar surface area (TPSA) is 55.2 Å². The number of nitrogens with zero attached hydrogens (tertiary/aromatic N) is 4. The van der Waals surface area contributed by atoms with Gasteiger partial charge in [-0.15, -0.1) is 10.2 Å². The molecule has 1 saturated heterocycles. The van der Waals surface area contributed by atoms with Crippen LogP contribution in [0.5, 0.6) is 0 Å². The summed E-state index contributed by atoms with van der Waals surface area (Å²) in [5, 5.41) is 11.3. The van der Waals surface area contributed by atoms with Crippen molar-refractivity contribution in [3.8, 4) is 5.69 Å². The minimum atomic E-state index is 0.246. The molecule has 0 radical (unpaired) electrons. The molecule has 0 amide bonds. The molecule has 1 N–H and O–H groups in total. The van der Waals surface area contributed by atoms with Gasteiger partial charge in [0.2, 0.25) is 0 Å². The molecule has 0 saturated carbocycles. The molecule has 1 aromatic heterocycles. The van der Waals surface area contributed by atoms with Crippen LogP contribution in [0.4, 0.5) is 11.4 Å². The Bertz CT molecular complexity index is 870. The van der Waals surface area contributed by atoms with Gasteiger partial charge in [0.15, 0.2) is 0 Å². The number of nitrogens with one attached hydrogen (secondary N) is 1. The van der Waals surface area contributed by atoms with E-state index in [0.29, 0.717) is 0 Å². The van der Waals surface area contributed by atoms with E-state index in [1.165, 1.54) is 11.3 Å². The van der Waals surface area contributed by atoms with E-state index < -0.39 is 0 Å². The van der Waals surface area contributed by atoms with Crippen molar-refractivity contribution < 1.29 is 4.74 Å². The number of hydrogen-bond donors (Lipinski definition) is 1. The minimum Gasteiger partial charge on any atom is -0.381 e. The van der Waals surface area contributed by atoms with Crippen molar-refractivity contribution in [2.75, 3.05) is 23.3 Å². The van der Waals surface area contributed by atoms with Gasteiger partial charge in [-0.1, -0.05) is 24.3 Å². The first-order valence-corrected chi connectivity index (χ1v) is 9.36. The molecule has 0 spiro atoms. The Morgan fingerprint density at radius 3 is 2.52 bits per heavy atom. The van der Waals surface area contributed by atoms with Crippen LogP contribution in [-0.4, -0.2) is 40.1 Å². The maximum atomic E-state index is 5.89. The third kappa shape index (κ3) is 4.11. The zero-order valence-electron chi connectivity index (χ0n) is 15.7. The van der Waals surface area contributed by atoms with E-state index in [1.54, 1.807) is 12.7 Å². The van der Waals surface area contributed by atoms with Crippen molar-refractivity contribution in [1.82, 2.24) is 14.8 Å². The number of aromatic nitrogens is 3. The van der Waals surface area contributed by atoms with Gasteiger partial charge in [-0.25, -0.2) is 0 Å². The average Bonchev–Trinajstić information content (AvgIpc) is 3.21. The van der Waals surface area contributed by atoms with Crippen LogP contribution in [0.2, 0.25) is 0 Å². The molecule has 140 valence electrons. The van der Waals surface area contributed by atoms with Gasteiger partial charge in [-0.2, -0.15) is 0 Å². The molecule has 2 aromatic carbocycles. The zero-order valence-corrected chi connectivity index (χ0v) is 15.7. The third-order valence-corrected chi connectivity index (χ3v) is 4.80. The maximum Gasteiger partial charge on any atom is 0.123 e. The van der Waals surface area contributed by atoms with Crippen molar-refractivity contribution in [3.63, 3.8) is 0 Å². The lowest BCUT2D eigenvalue weighted by Gasteiger charge is -2.37. The second-order valence-electron chi connectivity index (χ2n) is 7.06. The number of morpholine rings is 1. The lowest BCUT2D eigenvalue weighted by atomic mass is 10.1. The van der Waals surface area contributed by atoms with Crippen molar-refractivity contribution in [3.05, 3.63) is 66.7 Å². The molecule has 6 nitrogen and oxygen atoms in total. The highest BCUT2D eigenvalue weighted by Crippen LogP contribution is 2.25. The summed E-state index contributed by atoms with van der Waals surface area (Å²) in [7, 11) is 0. The molecule has 0 bridgehead atoms. The summed E-state index contributed by atoms with van der Waals surface area (Å²) in [6.45, 7) is 6.89. The Labute approximate surface area is 159 Å². The summed E-state index contributed by atoms with van der Waals surface area (Å²) >= 11 is 0. The minimum absolute atomic E-state index is 0.246. The molecule has 2 atom stereocenters. The molecular formula is C21H25N5O. The van der Waals surface area contributed by atoms with Crippen molar-refractivity contribution in [1.29, 1.82) is 0 Å². The van der Waals surface area contributed by atoms with Gasteiger partial charge >= 0.3 is 0 Å². The molecule has 1 fully saturated rings. The van der Waals surface area contributed by atoms with Gasteiger partial charge in [0.1, 0.15) is 12.7 Å². The van der Waals surface area contributed by atoms with Gasteiger partial charge in [0.05, 0.1) is 17.9 Å². The van der Waals surface area contributed by atoms with Crippen LogP contribution in [0.15, 0.2) is 61.2 Å². The molecule has 2 heterocycles. The molecule has 1 aliphatic heterocycles. The fourth-order valence-electron chi connectivity index (χ4n) is 3.65. The van der Waals surface area contributed by atoms with Crippen molar-refractivity contribution in [2.45, 2.75) is 32.6 Å². The van der Waals surface area contributed by atoms with Gasteiger partial charge in [0, 0.05) is 31.0 Å². The highest BCUT2D eigenvalue weighted by atomic mass is 16.5. The lowest BCUT2D eigenvalue weighted by Crippen LogP contribution is -2.45. The number of anilines is 2. The SMILES string of the molecule is C[C@@H]1CN(c2ccccc2CNc2cccc(-n3cnnc3)c2)C[C@@H](C)O1. The summed E-state index contributed by atoms with van der Waals surface area (Å²) in [6, 6.07) is 16.9. The van der Waals surface area contributed by atoms with Crippen LogP contribution >= 0.6 is 0 Å². The number of benzene rings is 2. The van der Waals surface area contributed by atoms with Crippen LogP contribution in [0.25, 0.3) is 5.69 Å². The van der Waals surface area contributed by atoms with Crippen LogP contribution in [0, 0.1) is 0 Å². The standard InChI is InChI=1S/C21H25N5O/c1-16-12-25(13-17(2)27-16)21-9-4-3-6-18(21)11-22-19-7-5-8-20(10-19)26-14-23-24-15-26/h3-10,14-17,22H,11-13H2,1-2H3/t16-,17-/m1/s1. The normalized spacial score (nSPS) is 19.9. The second kappa shape index (κ2) is 7.80. The predicted octanol–water partition coefficient (Wildman–Crippen LogP) is 3.49. The lowest BCUT2D eigenvalue weighted by molar-refractivity contribution is -0.00525. The summed E-state index contributed by atoms with van der Waals surface area (Å²) in [4.78, 5) is 2.43. The first-order chi connectivity index (χ1) is 13.2. The summed E-state index contributed by atoms with van der Waals surface area (Å²) in [5.41, 5.74) is 4.67. The van der Waals surface area contributed by atoms with Crippen LogP contribution in [0.3, 0.4) is 0 Å². The predicted molar refractivity (Wildman–Crippen MR) is 107 cm³/mol. The van der Waals surface area contributed by atoms with E-state index in [1.807, 2.05) is 16.7 Å². The summed E-state index contributed by atoms with van der Waals surface area (Å²) in [6.07, 6.45) is 3.90. The van der Waals surface area contributed by atoms with E-state index in [2.05, 4.69) is 70.7 Å². The summed E-state index contributed by atoms with van der Waals surface area (Å²) in [5.74, 6) is 0. The molecule has 0 unspecified atom stereocenters. The number of rotatable bonds is 5. The van der Waals surface area contributed by atoms with E-state index in [-0.39, 0.29) is 12.2 Å². The van der Waals surface area contributed by atoms with E-state index in [4.69, 9.17) is 4.74 Å². The molecule has 4 rings (SSSR count). The van der Waals surface area contributed by atoms with Gasteiger partial charge in [0.25, 0.3) is 0 Å². The zero-order chi connectivity index (χ0) is 18.6. The smallest absolute Gasteiger partial charge is 0.123 e. The molecule has 27 heavy (non-hydrogen) atoms. The maximum absolute atomic E-state index is 5.89. The number of ether oxygens (including phenoxy) is 1. The first kappa shape index (κ1) is 17.5. The van der Waals surface area contributed by atoms with Crippen molar-refractivity contribution in [2.24, 2.45) is 0 Å². The van der Waals surface area contributed by atoms with E-state index in [0.717, 1.165) is 31.0 Å². The van der Waals surface area contributed by atoms with Gasteiger partial charge < -0.3 is 15.0 Å². The Balaban J connectivity index is 1.50. The summed E-state index contributed by atoms with van der Waals surface area (Å²) < 4.78 is 7.78. The monoisotopic (exact) mass is 363 g/mol. The molecule has 3 aromatic rings. The van der Waals surface area contributed by atoms with Crippen LogP contribution < -0.4 is 10.2 Å². The molecule has 1 aliphatic rings. The van der Waals surface area contributed by atoms with Crippen molar-refractivity contribution >= 4 is 11.4 Å². The second-order valence-corrected chi connectivity index (χ2v) is 7.06. The number of para-hydroxylation sites is 1. The first-order valence-electron chi connectivity index (χ1n) is 9.36. The molecule has 6 heteroatoms. The highest BCUT2D eigenvalue weighted by molar-refractivity contribution is 5.57. The highest BCUT2D eigenvalue weighted by Gasteiger charge is 2.23. The molecule has 0 aliphatic carbocycles. The Kier molecular flexibility index (Phi) is 5.07. The number of hydrogen-bond acceptors (Lipinski definition) is 5. The van der Waals surface area contributed by atoms with E-state index in [9.17, 15) is 0 Å². The Morgan fingerprint density at radius 1 is 1.00 bits per heavy atom. The average molecular weight is 363 g/mol.